The normalized spacial score (nSPS) is 20.0. The Balaban J connectivity index is 2.33. The van der Waals surface area contributed by atoms with Gasteiger partial charge in [-0.05, 0) is 24.6 Å². The number of hydrogen-bond donors (Lipinski definition) is 1. The van der Waals surface area contributed by atoms with Crippen molar-refractivity contribution < 1.29 is 14.3 Å². The van der Waals surface area contributed by atoms with E-state index < -0.39 is 0 Å². The lowest BCUT2D eigenvalue weighted by Gasteiger charge is -2.29. The maximum Gasteiger partial charge on any atom is 0.308 e. The zero-order valence-corrected chi connectivity index (χ0v) is 10.1. The molecule has 4 nitrogen and oxygen atoms in total. The van der Waals surface area contributed by atoms with Gasteiger partial charge in [-0.1, -0.05) is 6.92 Å². The summed E-state index contributed by atoms with van der Waals surface area (Å²) in [5.74, 6) is 0.579. The summed E-state index contributed by atoms with van der Waals surface area (Å²) in [5.41, 5.74) is 7.48. The summed E-state index contributed by atoms with van der Waals surface area (Å²) in [6.07, 6.45) is 0.812. The molecule has 2 unspecified atom stereocenters. The van der Waals surface area contributed by atoms with Gasteiger partial charge in [0.2, 0.25) is 0 Å². The first-order valence-corrected chi connectivity index (χ1v) is 5.73. The molecule has 0 aromatic heterocycles. The Bertz CT molecular complexity index is 431. The van der Waals surface area contributed by atoms with Crippen LogP contribution in [0.2, 0.25) is 0 Å². The Morgan fingerprint density at radius 3 is 3.06 bits per heavy atom. The van der Waals surface area contributed by atoms with Crippen molar-refractivity contribution in [3.05, 3.63) is 23.8 Å². The second kappa shape index (κ2) is 4.65. The van der Waals surface area contributed by atoms with Crippen molar-refractivity contribution in [3.63, 3.8) is 0 Å². The van der Waals surface area contributed by atoms with E-state index in [9.17, 15) is 4.79 Å². The fourth-order valence-corrected chi connectivity index (χ4v) is 2.31. The summed E-state index contributed by atoms with van der Waals surface area (Å²) in [5, 5.41) is 0. The van der Waals surface area contributed by atoms with Gasteiger partial charge in [0.25, 0.3) is 0 Å². The van der Waals surface area contributed by atoms with E-state index >= 15 is 0 Å². The van der Waals surface area contributed by atoms with Crippen molar-refractivity contribution in [2.75, 3.05) is 19.5 Å². The van der Waals surface area contributed by atoms with Crippen LogP contribution in [0.4, 0.5) is 5.69 Å². The van der Waals surface area contributed by atoms with Gasteiger partial charge in [-0.25, -0.2) is 0 Å². The van der Waals surface area contributed by atoms with Gasteiger partial charge in [0.1, 0.15) is 5.75 Å². The fourth-order valence-electron chi connectivity index (χ4n) is 2.31. The number of benzene rings is 1. The number of hydrogen-bond acceptors (Lipinski definition) is 4. The number of nitrogens with two attached hydrogens (primary N) is 1. The second-order valence-corrected chi connectivity index (χ2v) is 4.35. The van der Waals surface area contributed by atoms with Gasteiger partial charge in [-0.15, -0.1) is 0 Å². The zero-order chi connectivity index (χ0) is 12.4. The molecular weight excluding hydrogens is 218 g/mol. The van der Waals surface area contributed by atoms with Crippen LogP contribution in [0.15, 0.2) is 18.2 Å². The number of methoxy groups -OCH3 is 1. The molecule has 0 bridgehead atoms. The van der Waals surface area contributed by atoms with Crippen molar-refractivity contribution >= 4 is 11.7 Å². The molecule has 0 aliphatic carbocycles. The van der Waals surface area contributed by atoms with Crippen molar-refractivity contribution in [2.24, 2.45) is 5.92 Å². The summed E-state index contributed by atoms with van der Waals surface area (Å²) in [4.78, 5) is 11.6. The van der Waals surface area contributed by atoms with Crippen LogP contribution >= 0.6 is 0 Å². The van der Waals surface area contributed by atoms with E-state index in [0.29, 0.717) is 12.3 Å². The van der Waals surface area contributed by atoms with Crippen molar-refractivity contribution in [1.82, 2.24) is 0 Å². The summed E-state index contributed by atoms with van der Waals surface area (Å²) in [7, 11) is 1.42. The van der Waals surface area contributed by atoms with E-state index in [1.54, 1.807) is 0 Å². The molecule has 0 saturated carbocycles. The lowest BCUT2D eigenvalue weighted by molar-refractivity contribution is -0.145. The van der Waals surface area contributed by atoms with Gasteiger partial charge in [0, 0.05) is 17.2 Å². The van der Waals surface area contributed by atoms with Gasteiger partial charge in [-0.3, -0.25) is 4.79 Å². The molecule has 2 N–H and O–H groups in total. The third-order valence-corrected chi connectivity index (χ3v) is 3.30. The average molecular weight is 235 g/mol. The largest absolute Gasteiger partial charge is 0.493 e. The molecule has 17 heavy (non-hydrogen) atoms. The highest BCUT2D eigenvalue weighted by Gasteiger charge is 2.31. The van der Waals surface area contributed by atoms with Crippen LogP contribution in [0, 0.1) is 5.92 Å². The van der Waals surface area contributed by atoms with Gasteiger partial charge in [0.05, 0.1) is 19.6 Å². The maximum absolute atomic E-state index is 11.6. The van der Waals surface area contributed by atoms with E-state index in [1.807, 2.05) is 25.1 Å². The molecule has 2 rings (SSSR count). The van der Waals surface area contributed by atoms with Crippen LogP contribution in [-0.2, 0) is 9.53 Å². The number of esters is 1. The van der Waals surface area contributed by atoms with E-state index in [0.717, 1.165) is 17.7 Å². The predicted molar refractivity (Wildman–Crippen MR) is 64.9 cm³/mol. The molecule has 0 spiro atoms. The van der Waals surface area contributed by atoms with Crippen molar-refractivity contribution in [3.8, 4) is 5.75 Å². The molecule has 4 heteroatoms. The van der Waals surface area contributed by atoms with Gasteiger partial charge in [0.15, 0.2) is 0 Å². The SMILES string of the molecule is COC(=O)C(C)C1CCOc2ccc(N)cc21. The van der Waals surface area contributed by atoms with Crippen LogP contribution in [0.3, 0.4) is 0 Å². The van der Waals surface area contributed by atoms with Crippen LogP contribution in [0.5, 0.6) is 5.75 Å². The first-order chi connectivity index (χ1) is 8.13. The Morgan fingerprint density at radius 1 is 1.59 bits per heavy atom. The van der Waals surface area contributed by atoms with E-state index in [2.05, 4.69) is 0 Å². The number of carbonyl (C=O) groups is 1. The number of fused-ring (bicyclic) bond motifs is 1. The number of anilines is 1. The number of nitrogen functional groups attached to an aromatic ring is 1. The molecule has 2 atom stereocenters. The molecule has 1 aliphatic heterocycles. The average Bonchev–Trinajstić information content (AvgIpc) is 2.36. The number of ether oxygens (including phenoxy) is 2. The van der Waals surface area contributed by atoms with Crippen LogP contribution < -0.4 is 10.5 Å². The maximum atomic E-state index is 11.6. The highest BCUT2D eigenvalue weighted by molar-refractivity contribution is 5.73. The summed E-state index contributed by atoms with van der Waals surface area (Å²) < 4.78 is 10.4. The number of rotatable bonds is 2. The van der Waals surface area contributed by atoms with Crippen LogP contribution in [0.1, 0.15) is 24.8 Å². The minimum absolute atomic E-state index is 0.120. The lowest BCUT2D eigenvalue weighted by Crippen LogP contribution is -2.26. The number of carbonyl (C=O) groups excluding carboxylic acids is 1. The summed E-state index contributed by atoms with van der Waals surface area (Å²) in [6, 6.07) is 5.56. The monoisotopic (exact) mass is 235 g/mol. The first kappa shape index (κ1) is 11.8. The van der Waals surface area contributed by atoms with E-state index in [-0.39, 0.29) is 17.8 Å². The summed E-state index contributed by atoms with van der Waals surface area (Å²) in [6.45, 7) is 2.51. The van der Waals surface area contributed by atoms with Crippen LogP contribution in [-0.4, -0.2) is 19.7 Å². The molecular formula is C13H17NO3. The van der Waals surface area contributed by atoms with Gasteiger partial charge in [-0.2, -0.15) is 0 Å². The minimum atomic E-state index is -0.190. The van der Waals surface area contributed by atoms with Crippen molar-refractivity contribution in [1.29, 1.82) is 0 Å². The highest BCUT2D eigenvalue weighted by Crippen LogP contribution is 2.39. The smallest absolute Gasteiger partial charge is 0.308 e. The Hall–Kier alpha value is -1.71. The molecule has 1 heterocycles. The molecule has 1 aliphatic rings. The zero-order valence-electron chi connectivity index (χ0n) is 10.1. The van der Waals surface area contributed by atoms with Gasteiger partial charge < -0.3 is 15.2 Å². The minimum Gasteiger partial charge on any atom is -0.493 e. The Morgan fingerprint density at radius 2 is 2.35 bits per heavy atom. The highest BCUT2D eigenvalue weighted by atomic mass is 16.5. The standard InChI is InChI=1S/C13H17NO3/c1-8(13(15)16-2)10-5-6-17-12-4-3-9(14)7-11(10)12/h3-4,7-8,10H,5-6,14H2,1-2H3. The fraction of sp³-hybridized carbons (Fsp3) is 0.462. The molecule has 0 radical (unpaired) electrons. The lowest BCUT2D eigenvalue weighted by atomic mass is 9.83. The second-order valence-electron chi connectivity index (χ2n) is 4.35. The third kappa shape index (κ3) is 2.20. The predicted octanol–water partition coefficient (Wildman–Crippen LogP) is 1.94. The molecule has 92 valence electrons. The Kier molecular flexibility index (Phi) is 3.22. The van der Waals surface area contributed by atoms with Crippen molar-refractivity contribution in [2.45, 2.75) is 19.3 Å². The quantitative estimate of drug-likeness (QED) is 0.628. The first-order valence-electron chi connectivity index (χ1n) is 5.73. The molecule has 1 aromatic rings. The topological polar surface area (TPSA) is 61.5 Å². The molecule has 0 fully saturated rings. The Labute approximate surface area is 101 Å². The van der Waals surface area contributed by atoms with E-state index in [1.165, 1.54) is 7.11 Å². The van der Waals surface area contributed by atoms with Gasteiger partial charge >= 0.3 is 5.97 Å². The van der Waals surface area contributed by atoms with Crippen LogP contribution in [0.25, 0.3) is 0 Å². The third-order valence-electron chi connectivity index (χ3n) is 3.30. The molecule has 1 aromatic carbocycles. The molecule has 0 saturated heterocycles. The summed E-state index contributed by atoms with van der Waals surface area (Å²) >= 11 is 0. The van der Waals surface area contributed by atoms with E-state index in [4.69, 9.17) is 15.2 Å². The molecule has 0 amide bonds.